The molecule has 0 aromatic heterocycles. The van der Waals surface area contributed by atoms with Gasteiger partial charge in [-0.05, 0) is 44.2 Å². The van der Waals surface area contributed by atoms with Crippen LogP contribution in [0.1, 0.15) is 32.1 Å². The molecule has 2 fully saturated rings. The standard InChI is InChI=1S/C21H35N5O3S.HI/c1-22-21(23-12-15-30(27,28)24-16-20-11-5-6-14-29-20)25-18-8-7-13-26(17-18)19-9-3-2-4-10-19;/h2-4,9-10,18,20,24H,5-8,11-17H2,1H3,(H2,22,23,25);1H. The van der Waals surface area contributed by atoms with Gasteiger partial charge in [0, 0.05) is 51.6 Å². The molecule has 31 heavy (non-hydrogen) atoms. The number of sulfonamides is 1. The predicted octanol–water partition coefficient (Wildman–Crippen LogP) is 1.93. The van der Waals surface area contributed by atoms with Crippen molar-refractivity contribution in [3.8, 4) is 0 Å². The van der Waals surface area contributed by atoms with E-state index in [4.69, 9.17) is 4.74 Å². The zero-order chi connectivity index (χ0) is 21.2. The summed E-state index contributed by atoms with van der Waals surface area (Å²) in [6.07, 6.45) is 5.23. The van der Waals surface area contributed by atoms with Gasteiger partial charge in [-0.1, -0.05) is 18.2 Å². The van der Waals surface area contributed by atoms with Gasteiger partial charge in [0.05, 0.1) is 11.9 Å². The molecule has 176 valence electrons. The van der Waals surface area contributed by atoms with Crippen molar-refractivity contribution in [1.29, 1.82) is 0 Å². The average Bonchev–Trinajstić information content (AvgIpc) is 2.78. The zero-order valence-electron chi connectivity index (χ0n) is 18.3. The van der Waals surface area contributed by atoms with Gasteiger partial charge in [0.25, 0.3) is 0 Å². The summed E-state index contributed by atoms with van der Waals surface area (Å²) in [5, 5.41) is 6.57. The maximum Gasteiger partial charge on any atom is 0.213 e. The van der Waals surface area contributed by atoms with E-state index < -0.39 is 10.0 Å². The minimum Gasteiger partial charge on any atom is -0.377 e. The van der Waals surface area contributed by atoms with E-state index in [0.29, 0.717) is 19.0 Å². The number of piperidine rings is 1. The summed E-state index contributed by atoms with van der Waals surface area (Å²) < 4.78 is 32.8. The highest BCUT2D eigenvalue weighted by Gasteiger charge is 2.21. The number of anilines is 1. The number of ether oxygens (including phenoxy) is 1. The molecule has 0 spiro atoms. The van der Waals surface area contributed by atoms with Gasteiger partial charge in [-0.25, -0.2) is 13.1 Å². The highest BCUT2D eigenvalue weighted by molar-refractivity contribution is 14.0. The number of aliphatic imine (C=N–C) groups is 1. The third kappa shape index (κ3) is 9.11. The Labute approximate surface area is 203 Å². The largest absolute Gasteiger partial charge is 0.377 e. The molecule has 2 saturated heterocycles. The number of nitrogens with one attached hydrogen (secondary N) is 3. The monoisotopic (exact) mass is 565 g/mol. The van der Waals surface area contributed by atoms with E-state index in [2.05, 4.69) is 49.5 Å². The van der Waals surface area contributed by atoms with Crippen molar-refractivity contribution in [2.75, 3.05) is 50.5 Å². The summed E-state index contributed by atoms with van der Waals surface area (Å²) in [5.74, 6) is 0.641. The lowest BCUT2D eigenvalue weighted by molar-refractivity contribution is 0.0200. The van der Waals surface area contributed by atoms with Crippen LogP contribution < -0.4 is 20.3 Å². The van der Waals surface area contributed by atoms with Crippen molar-refractivity contribution in [2.24, 2.45) is 4.99 Å². The van der Waals surface area contributed by atoms with Crippen LogP contribution in [0.25, 0.3) is 0 Å². The van der Waals surface area contributed by atoms with E-state index in [1.54, 1.807) is 7.05 Å². The van der Waals surface area contributed by atoms with Crippen molar-refractivity contribution < 1.29 is 13.2 Å². The molecule has 0 bridgehead atoms. The molecule has 2 aliphatic rings. The molecule has 2 aliphatic heterocycles. The van der Waals surface area contributed by atoms with Gasteiger partial charge in [0.2, 0.25) is 10.0 Å². The molecule has 8 nitrogen and oxygen atoms in total. The summed E-state index contributed by atoms with van der Waals surface area (Å²) >= 11 is 0. The second-order valence-electron chi connectivity index (χ2n) is 7.92. The fourth-order valence-electron chi connectivity index (χ4n) is 3.92. The molecule has 10 heteroatoms. The van der Waals surface area contributed by atoms with Crippen molar-refractivity contribution in [1.82, 2.24) is 15.4 Å². The molecular weight excluding hydrogens is 529 g/mol. The third-order valence-corrected chi connectivity index (χ3v) is 6.92. The number of nitrogens with zero attached hydrogens (tertiary/aromatic N) is 2. The SMILES string of the molecule is CN=C(NCCS(=O)(=O)NCC1CCCCO1)NC1CCCN(c2ccccc2)C1.I. The minimum absolute atomic E-state index is 0. The molecule has 0 saturated carbocycles. The maximum atomic E-state index is 12.3. The first-order chi connectivity index (χ1) is 14.6. The van der Waals surface area contributed by atoms with Gasteiger partial charge in [0.15, 0.2) is 5.96 Å². The van der Waals surface area contributed by atoms with Crippen molar-refractivity contribution in [3.63, 3.8) is 0 Å². The molecule has 3 N–H and O–H groups in total. The molecule has 0 radical (unpaired) electrons. The Hall–Kier alpha value is -1.11. The van der Waals surface area contributed by atoms with Crippen LogP contribution in [0.4, 0.5) is 5.69 Å². The summed E-state index contributed by atoms with van der Waals surface area (Å²) in [7, 11) is -1.64. The van der Waals surface area contributed by atoms with E-state index in [1.807, 2.05) is 6.07 Å². The van der Waals surface area contributed by atoms with Crippen LogP contribution in [0.5, 0.6) is 0 Å². The molecular formula is C21H36IN5O3S. The van der Waals surface area contributed by atoms with Crippen LogP contribution in [0.15, 0.2) is 35.3 Å². The Balaban J connectivity index is 0.00000341. The van der Waals surface area contributed by atoms with Gasteiger partial charge in [-0.2, -0.15) is 0 Å². The summed E-state index contributed by atoms with van der Waals surface area (Å²) in [6, 6.07) is 10.7. The van der Waals surface area contributed by atoms with Crippen molar-refractivity contribution in [2.45, 2.75) is 44.2 Å². The molecule has 0 aliphatic carbocycles. The number of guanidine groups is 1. The van der Waals surface area contributed by atoms with Crippen molar-refractivity contribution in [3.05, 3.63) is 30.3 Å². The first-order valence-corrected chi connectivity index (χ1v) is 12.6. The first kappa shape index (κ1) is 26.1. The second-order valence-corrected chi connectivity index (χ2v) is 9.85. The molecule has 2 unspecified atom stereocenters. The fraction of sp³-hybridized carbons (Fsp3) is 0.667. The number of halogens is 1. The molecule has 1 aromatic carbocycles. The molecule has 2 atom stereocenters. The number of rotatable bonds is 8. The van der Waals surface area contributed by atoms with E-state index in [1.165, 1.54) is 5.69 Å². The van der Waals surface area contributed by atoms with Crippen LogP contribution >= 0.6 is 24.0 Å². The molecule has 0 amide bonds. The second kappa shape index (κ2) is 13.4. The van der Waals surface area contributed by atoms with E-state index >= 15 is 0 Å². The first-order valence-electron chi connectivity index (χ1n) is 10.9. The van der Waals surface area contributed by atoms with Crippen LogP contribution in [0, 0.1) is 0 Å². The van der Waals surface area contributed by atoms with Gasteiger partial charge in [0.1, 0.15) is 0 Å². The van der Waals surface area contributed by atoms with Crippen LogP contribution in [-0.4, -0.2) is 72.1 Å². The van der Waals surface area contributed by atoms with Gasteiger partial charge < -0.3 is 20.3 Å². The highest BCUT2D eigenvalue weighted by atomic mass is 127. The Kier molecular flexibility index (Phi) is 11.3. The van der Waals surface area contributed by atoms with E-state index in [9.17, 15) is 8.42 Å². The predicted molar refractivity (Wildman–Crippen MR) is 137 cm³/mol. The lowest BCUT2D eigenvalue weighted by Gasteiger charge is -2.35. The topological polar surface area (TPSA) is 95.1 Å². The average molecular weight is 566 g/mol. The molecule has 3 rings (SSSR count). The number of benzene rings is 1. The lowest BCUT2D eigenvalue weighted by atomic mass is 10.1. The zero-order valence-corrected chi connectivity index (χ0v) is 21.4. The van der Waals surface area contributed by atoms with E-state index in [0.717, 1.165) is 51.8 Å². The van der Waals surface area contributed by atoms with Gasteiger partial charge in [-0.15, -0.1) is 24.0 Å². The third-order valence-electron chi connectivity index (χ3n) is 5.58. The minimum atomic E-state index is -3.35. The smallest absolute Gasteiger partial charge is 0.213 e. The Morgan fingerprint density at radius 3 is 2.71 bits per heavy atom. The maximum absolute atomic E-state index is 12.3. The summed E-state index contributed by atoms with van der Waals surface area (Å²) in [6.45, 7) is 3.32. The van der Waals surface area contributed by atoms with Crippen LogP contribution in [0.3, 0.4) is 0 Å². The normalized spacial score (nSPS) is 22.5. The van der Waals surface area contributed by atoms with Gasteiger partial charge >= 0.3 is 0 Å². The lowest BCUT2D eigenvalue weighted by Crippen LogP contribution is -2.52. The fourth-order valence-corrected chi connectivity index (χ4v) is 4.88. The number of para-hydroxylation sites is 1. The summed E-state index contributed by atoms with van der Waals surface area (Å²) in [5.41, 5.74) is 1.23. The number of hydrogen-bond acceptors (Lipinski definition) is 5. The molecule has 2 heterocycles. The number of hydrogen-bond donors (Lipinski definition) is 3. The van der Waals surface area contributed by atoms with Gasteiger partial charge in [-0.3, -0.25) is 4.99 Å². The Bertz CT molecular complexity index is 772. The summed E-state index contributed by atoms with van der Waals surface area (Å²) in [4.78, 5) is 6.63. The highest BCUT2D eigenvalue weighted by Crippen LogP contribution is 2.19. The van der Waals surface area contributed by atoms with Crippen molar-refractivity contribution >= 4 is 45.6 Å². The Morgan fingerprint density at radius 1 is 1.19 bits per heavy atom. The van der Waals surface area contributed by atoms with Crippen LogP contribution in [0.2, 0.25) is 0 Å². The van der Waals surface area contributed by atoms with E-state index in [-0.39, 0.29) is 41.9 Å². The van der Waals surface area contributed by atoms with Crippen LogP contribution in [-0.2, 0) is 14.8 Å². The molecule has 1 aromatic rings. The Morgan fingerprint density at radius 2 is 2.00 bits per heavy atom. The quantitative estimate of drug-likeness (QED) is 0.254.